The van der Waals surface area contributed by atoms with Crippen LogP contribution in [-0.4, -0.2) is 41.9 Å². The van der Waals surface area contributed by atoms with Crippen molar-refractivity contribution >= 4 is 6.09 Å². The molecule has 1 aliphatic carbocycles. The first-order chi connectivity index (χ1) is 8.39. The number of morpholine rings is 1. The average Bonchev–Trinajstić information content (AvgIpc) is 3.10. The number of terminal acetylenes is 1. The fourth-order valence-corrected chi connectivity index (χ4v) is 2.37. The number of hydrogen-bond acceptors (Lipinski definition) is 3. The van der Waals surface area contributed by atoms with Crippen molar-refractivity contribution in [3.8, 4) is 12.3 Å². The third kappa shape index (κ3) is 2.46. The Bertz CT molecular complexity index is 375. The number of amides is 1. The van der Waals surface area contributed by atoms with E-state index in [2.05, 4.69) is 5.92 Å². The molecule has 1 unspecified atom stereocenters. The van der Waals surface area contributed by atoms with Crippen molar-refractivity contribution in [1.29, 1.82) is 0 Å². The minimum atomic E-state index is -0.597. The lowest BCUT2D eigenvalue weighted by Crippen LogP contribution is -2.60. The molecule has 0 spiro atoms. The Morgan fingerprint density at radius 1 is 1.50 bits per heavy atom. The van der Waals surface area contributed by atoms with E-state index in [0.717, 1.165) is 12.8 Å². The summed E-state index contributed by atoms with van der Waals surface area (Å²) in [5.41, 5.74) is -1.10. The average molecular weight is 251 g/mol. The molecule has 18 heavy (non-hydrogen) atoms. The summed E-state index contributed by atoms with van der Waals surface area (Å²) in [4.78, 5) is 14.0. The van der Waals surface area contributed by atoms with Crippen LogP contribution in [0, 0.1) is 18.3 Å². The lowest BCUT2D eigenvalue weighted by molar-refractivity contribution is -0.0612. The maximum absolute atomic E-state index is 12.3. The molecule has 1 heterocycles. The van der Waals surface area contributed by atoms with Crippen molar-refractivity contribution < 1.29 is 14.3 Å². The van der Waals surface area contributed by atoms with E-state index in [9.17, 15) is 4.79 Å². The first kappa shape index (κ1) is 13.2. The molecule has 0 aromatic rings. The highest BCUT2D eigenvalue weighted by Gasteiger charge is 2.52. The van der Waals surface area contributed by atoms with Gasteiger partial charge in [0.05, 0.1) is 13.2 Å². The second kappa shape index (κ2) is 4.47. The second-order valence-corrected chi connectivity index (χ2v) is 6.03. The summed E-state index contributed by atoms with van der Waals surface area (Å²) in [5, 5.41) is 0. The van der Waals surface area contributed by atoms with Crippen molar-refractivity contribution in [3.63, 3.8) is 0 Å². The quantitative estimate of drug-likeness (QED) is 0.669. The van der Waals surface area contributed by atoms with E-state index in [4.69, 9.17) is 15.9 Å². The van der Waals surface area contributed by atoms with Gasteiger partial charge in [0.25, 0.3) is 0 Å². The van der Waals surface area contributed by atoms with E-state index >= 15 is 0 Å². The number of ether oxygens (including phenoxy) is 2. The maximum atomic E-state index is 12.3. The third-order valence-electron chi connectivity index (χ3n) is 3.38. The van der Waals surface area contributed by atoms with E-state index in [-0.39, 0.29) is 6.09 Å². The van der Waals surface area contributed by atoms with Gasteiger partial charge in [-0.05, 0) is 39.5 Å². The molecular weight excluding hydrogens is 230 g/mol. The molecule has 0 N–H and O–H groups in total. The number of nitrogens with zero attached hydrogens (tertiary/aromatic N) is 1. The smallest absolute Gasteiger partial charge is 0.411 e. The summed E-state index contributed by atoms with van der Waals surface area (Å²) in [6, 6.07) is 0. The summed E-state index contributed by atoms with van der Waals surface area (Å²) in [6.45, 7) is 7.04. The van der Waals surface area contributed by atoms with E-state index in [0.29, 0.717) is 25.7 Å². The standard InChI is InChI=1S/C14H21NO3/c1-5-14(11-6-7-11)10-17-9-8-15(14)12(16)18-13(2,3)4/h1,11H,6-10H2,2-4H3. The molecule has 0 radical (unpaired) electrons. The normalized spacial score (nSPS) is 28.7. The number of carbonyl (C=O) groups is 1. The Balaban J connectivity index is 2.18. The Morgan fingerprint density at radius 2 is 2.17 bits per heavy atom. The Kier molecular flexibility index (Phi) is 3.29. The summed E-state index contributed by atoms with van der Waals surface area (Å²) < 4.78 is 10.9. The van der Waals surface area contributed by atoms with Crippen molar-refractivity contribution in [3.05, 3.63) is 0 Å². The van der Waals surface area contributed by atoms with Crippen LogP contribution in [0.15, 0.2) is 0 Å². The van der Waals surface area contributed by atoms with Crippen molar-refractivity contribution in [2.24, 2.45) is 5.92 Å². The SMILES string of the molecule is C#CC1(C2CC2)COCCN1C(=O)OC(C)(C)C. The molecule has 4 nitrogen and oxygen atoms in total. The predicted octanol–water partition coefficient (Wildman–Crippen LogP) is 2.04. The van der Waals surface area contributed by atoms with Gasteiger partial charge in [0.1, 0.15) is 11.1 Å². The first-order valence-corrected chi connectivity index (χ1v) is 6.45. The molecule has 1 atom stereocenters. The topological polar surface area (TPSA) is 38.8 Å². The molecule has 1 aliphatic heterocycles. The Morgan fingerprint density at radius 3 is 2.67 bits per heavy atom. The first-order valence-electron chi connectivity index (χ1n) is 6.45. The molecule has 0 bridgehead atoms. The molecule has 2 rings (SSSR count). The van der Waals surface area contributed by atoms with Gasteiger partial charge in [-0.15, -0.1) is 6.42 Å². The zero-order chi connectivity index (χ0) is 13.4. The predicted molar refractivity (Wildman–Crippen MR) is 68.0 cm³/mol. The van der Waals surface area contributed by atoms with Gasteiger partial charge in [0.15, 0.2) is 0 Å². The fraction of sp³-hybridized carbons (Fsp3) is 0.786. The van der Waals surface area contributed by atoms with E-state index < -0.39 is 11.1 Å². The van der Waals surface area contributed by atoms with Crippen LogP contribution in [0.2, 0.25) is 0 Å². The third-order valence-corrected chi connectivity index (χ3v) is 3.38. The largest absolute Gasteiger partial charge is 0.444 e. The van der Waals surface area contributed by atoms with Gasteiger partial charge >= 0.3 is 6.09 Å². The molecule has 2 aliphatic rings. The maximum Gasteiger partial charge on any atom is 0.411 e. The molecule has 1 amide bonds. The van der Waals surface area contributed by atoms with Crippen LogP contribution in [0.25, 0.3) is 0 Å². The van der Waals surface area contributed by atoms with E-state index in [1.165, 1.54) is 0 Å². The molecule has 2 fully saturated rings. The summed E-state index contributed by atoms with van der Waals surface area (Å²) in [7, 11) is 0. The molecule has 4 heteroatoms. The molecule has 0 aromatic heterocycles. The van der Waals surface area contributed by atoms with Gasteiger partial charge in [0.2, 0.25) is 0 Å². The van der Waals surface area contributed by atoms with Crippen molar-refractivity contribution in [2.45, 2.75) is 44.8 Å². The van der Waals surface area contributed by atoms with E-state index in [1.807, 2.05) is 20.8 Å². The minimum absolute atomic E-state index is 0.323. The monoisotopic (exact) mass is 251 g/mol. The van der Waals surface area contributed by atoms with Crippen LogP contribution in [0.4, 0.5) is 4.79 Å². The number of rotatable bonds is 1. The fourth-order valence-electron chi connectivity index (χ4n) is 2.37. The van der Waals surface area contributed by atoms with Crippen molar-refractivity contribution in [2.75, 3.05) is 19.8 Å². The van der Waals surface area contributed by atoms with Crippen LogP contribution in [0.1, 0.15) is 33.6 Å². The highest BCUT2D eigenvalue weighted by molar-refractivity contribution is 5.70. The zero-order valence-electron chi connectivity index (χ0n) is 11.4. The van der Waals surface area contributed by atoms with Crippen LogP contribution in [0.3, 0.4) is 0 Å². The van der Waals surface area contributed by atoms with Gasteiger partial charge in [0, 0.05) is 6.54 Å². The molecule has 1 saturated carbocycles. The van der Waals surface area contributed by atoms with Crippen LogP contribution in [-0.2, 0) is 9.47 Å². The highest BCUT2D eigenvalue weighted by Crippen LogP contribution is 2.44. The summed E-state index contributed by atoms with van der Waals surface area (Å²) in [5.74, 6) is 3.15. The van der Waals surface area contributed by atoms with Gasteiger partial charge < -0.3 is 9.47 Å². The highest BCUT2D eigenvalue weighted by atomic mass is 16.6. The lowest BCUT2D eigenvalue weighted by Gasteiger charge is -2.43. The summed E-state index contributed by atoms with van der Waals surface area (Å²) in [6.07, 6.45) is 7.49. The zero-order valence-corrected chi connectivity index (χ0v) is 11.4. The van der Waals surface area contributed by atoms with Crippen LogP contribution in [0.5, 0.6) is 0 Å². The molecule has 0 aromatic carbocycles. The number of hydrogen-bond donors (Lipinski definition) is 0. The van der Waals surface area contributed by atoms with E-state index in [1.54, 1.807) is 4.90 Å². The molecular formula is C14H21NO3. The Labute approximate surface area is 109 Å². The van der Waals surface area contributed by atoms with Gasteiger partial charge in [-0.25, -0.2) is 4.79 Å². The Hall–Kier alpha value is -1.21. The second-order valence-electron chi connectivity index (χ2n) is 6.03. The summed E-state index contributed by atoms with van der Waals surface area (Å²) >= 11 is 0. The molecule has 100 valence electrons. The van der Waals surface area contributed by atoms with Crippen molar-refractivity contribution in [1.82, 2.24) is 4.90 Å². The van der Waals surface area contributed by atoms with Crippen LogP contribution >= 0.6 is 0 Å². The lowest BCUT2D eigenvalue weighted by atomic mass is 9.92. The molecule has 1 saturated heterocycles. The van der Waals surface area contributed by atoms with Gasteiger partial charge in [-0.2, -0.15) is 0 Å². The minimum Gasteiger partial charge on any atom is -0.444 e. The number of carbonyl (C=O) groups excluding carboxylic acids is 1. The van der Waals surface area contributed by atoms with Gasteiger partial charge in [-0.3, -0.25) is 4.90 Å². The van der Waals surface area contributed by atoms with Crippen LogP contribution < -0.4 is 0 Å². The van der Waals surface area contributed by atoms with Gasteiger partial charge in [-0.1, -0.05) is 5.92 Å².